The quantitative estimate of drug-likeness (QED) is 0.561. The lowest BCUT2D eigenvalue weighted by atomic mass is 10.2. The summed E-state index contributed by atoms with van der Waals surface area (Å²) in [6.45, 7) is 5.44. The first-order valence-electron chi connectivity index (χ1n) is 6.64. The van der Waals surface area contributed by atoms with E-state index < -0.39 is 0 Å². The molecule has 3 rings (SSSR count). The third-order valence-corrected chi connectivity index (χ3v) is 3.07. The second-order valence-corrected chi connectivity index (χ2v) is 4.91. The Morgan fingerprint density at radius 1 is 1.19 bits per heavy atom. The van der Waals surface area contributed by atoms with Gasteiger partial charge in [-0.3, -0.25) is 5.43 Å². The SMILES string of the molecule is CC1CN(c2nc(NN)nc(-n3cncn3)n2)CC(C)O1. The van der Waals surface area contributed by atoms with Gasteiger partial charge in [0.15, 0.2) is 0 Å². The van der Waals surface area contributed by atoms with Crippen LogP contribution in [0, 0.1) is 0 Å². The molecule has 1 saturated heterocycles. The maximum absolute atomic E-state index is 5.72. The Morgan fingerprint density at radius 3 is 2.52 bits per heavy atom. The van der Waals surface area contributed by atoms with Crippen molar-refractivity contribution in [1.29, 1.82) is 0 Å². The Hall–Kier alpha value is -2.33. The molecule has 0 amide bonds. The zero-order valence-electron chi connectivity index (χ0n) is 11.8. The summed E-state index contributed by atoms with van der Waals surface area (Å²) < 4.78 is 7.17. The number of nitrogens with zero attached hydrogens (tertiary/aromatic N) is 7. The van der Waals surface area contributed by atoms with E-state index >= 15 is 0 Å². The van der Waals surface area contributed by atoms with Crippen molar-refractivity contribution >= 4 is 11.9 Å². The third-order valence-electron chi connectivity index (χ3n) is 3.07. The maximum Gasteiger partial charge on any atom is 0.258 e. The maximum atomic E-state index is 5.72. The lowest BCUT2D eigenvalue weighted by Gasteiger charge is -2.35. The first-order valence-corrected chi connectivity index (χ1v) is 6.64. The number of nitrogen functional groups attached to an aromatic ring is 1. The molecular formula is C11H17N9O. The summed E-state index contributed by atoms with van der Waals surface area (Å²) in [7, 11) is 0. The van der Waals surface area contributed by atoms with Crippen LogP contribution >= 0.6 is 0 Å². The largest absolute Gasteiger partial charge is 0.372 e. The molecule has 0 spiro atoms. The molecule has 1 fully saturated rings. The molecule has 0 aliphatic carbocycles. The number of aromatic nitrogens is 6. The molecule has 10 heteroatoms. The van der Waals surface area contributed by atoms with Crippen LogP contribution < -0.4 is 16.2 Å². The van der Waals surface area contributed by atoms with E-state index in [-0.39, 0.29) is 18.2 Å². The van der Waals surface area contributed by atoms with Crippen LogP contribution in [-0.2, 0) is 4.74 Å². The zero-order chi connectivity index (χ0) is 14.8. The number of nitrogens with one attached hydrogen (secondary N) is 1. The van der Waals surface area contributed by atoms with Gasteiger partial charge in [0.1, 0.15) is 12.7 Å². The number of hydrazine groups is 1. The predicted molar refractivity (Wildman–Crippen MR) is 74.8 cm³/mol. The average molecular weight is 291 g/mol. The monoisotopic (exact) mass is 291 g/mol. The Kier molecular flexibility index (Phi) is 3.62. The standard InChI is InChI=1S/C11H17N9O/c1-7-3-19(4-8(2)21-7)10-15-9(18-12)16-11(17-10)20-6-13-5-14-20/h5-8H,3-4,12H2,1-2H3,(H,15,16,17,18). The molecule has 3 heterocycles. The van der Waals surface area contributed by atoms with Gasteiger partial charge in [-0.25, -0.2) is 10.8 Å². The van der Waals surface area contributed by atoms with E-state index in [1.54, 1.807) is 0 Å². The summed E-state index contributed by atoms with van der Waals surface area (Å²) in [6, 6.07) is 0. The number of rotatable bonds is 3. The summed E-state index contributed by atoms with van der Waals surface area (Å²) in [5.41, 5.74) is 2.45. The van der Waals surface area contributed by atoms with Gasteiger partial charge in [0.2, 0.25) is 11.9 Å². The van der Waals surface area contributed by atoms with Crippen LogP contribution in [0.1, 0.15) is 13.8 Å². The van der Waals surface area contributed by atoms with Gasteiger partial charge in [-0.15, -0.1) is 0 Å². The first kappa shape index (κ1) is 13.6. The van der Waals surface area contributed by atoms with Crippen molar-refractivity contribution in [3.63, 3.8) is 0 Å². The summed E-state index contributed by atoms with van der Waals surface area (Å²) in [6.07, 6.45) is 3.14. The lowest BCUT2D eigenvalue weighted by Crippen LogP contribution is -2.46. The van der Waals surface area contributed by atoms with Gasteiger partial charge < -0.3 is 9.64 Å². The molecule has 0 bridgehead atoms. The Balaban J connectivity index is 1.96. The van der Waals surface area contributed by atoms with Crippen LogP contribution in [0.5, 0.6) is 0 Å². The molecule has 2 atom stereocenters. The number of morpholine rings is 1. The molecule has 0 saturated carbocycles. The molecule has 0 radical (unpaired) electrons. The van der Waals surface area contributed by atoms with Gasteiger partial charge in [-0.1, -0.05) is 0 Å². The van der Waals surface area contributed by atoms with Crippen LogP contribution in [0.15, 0.2) is 12.7 Å². The van der Waals surface area contributed by atoms with Crippen LogP contribution in [0.4, 0.5) is 11.9 Å². The molecular weight excluding hydrogens is 274 g/mol. The van der Waals surface area contributed by atoms with Crippen LogP contribution in [0.2, 0.25) is 0 Å². The van der Waals surface area contributed by atoms with Gasteiger partial charge in [-0.2, -0.15) is 24.7 Å². The van der Waals surface area contributed by atoms with Gasteiger partial charge in [0, 0.05) is 13.1 Å². The third kappa shape index (κ3) is 2.90. The smallest absolute Gasteiger partial charge is 0.258 e. The molecule has 1 aliphatic heterocycles. The fraction of sp³-hybridized carbons (Fsp3) is 0.545. The number of nitrogens with two attached hydrogens (primary N) is 1. The van der Waals surface area contributed by atoms with Crippen LogP contribution in [0.25, 0.3) is 5.95 Å². The number of hydrogen-bond acceptors (Lipinski definition) is 9. The van der Waals surface area contributed by atoms with E-state index in [0.29, 0.717) is 25.0 Å². The minimum atomic E-state index is 0.106. The Morgan fingerprint density at radius 2 is 1.90 bits per heavy atom. The second-order valence-electron chi connectivity index (χ2n) is 4.91. The fourth-order valence-electron chi connectivity index (χ4n) is 2.32. The van der Waals surface area contributed by atoms with Crippen molar-refractivity contribution in [2.75, 3.05) is 23.4 Å². The molecule has 0 aromatic carbocycles. The highest BCUT2D eigenvalue weighted by Gasteiger charge is 2.25. The minimum Gasteiger partial charge on any atom is -0.372 e. The first-order chi connectivity index (χ1) is 10.2. The summed E-state index contributed by atoms with van der Waals surface area (Å²) in [4.78, 5) is 18.8. The molecule has 2 aromatic heterocycles. The number of ether oxygens (including phenoxy) is 1. The topological polar surface area (TPSA) is 120 Å². The zero-order valence-corrected chi connectivity index (χ0v) is 11.8. The van der Waals surface area contributed by atoms with Crippen molar-refractivity contribution in [2.45, 2.75) is 26.1 Å². The van der Waals surface area contributed by atoms with Gasteiger partial charge in [-0.05, 0) is 13.8 Å². The van der Waals surface area contributed by atoms with Gasteiger partial charge in [0.05, 0.1) is 12.2 Å². The molecule has 2 aromatic rings. The van der Waals surface area contributed by atoms with Gasteiger partial charge >= 0.3 is 0 Å². The Labute approximate surface area is 121 Å². The Bertz CT molecular complexity index is 592. The van der Waals surface area contributed by atoms with Gasteiger partial charge in [0.25, 0.3) is 5.95 Å². The molecule has 3 N–H and O–H groups in total. The second kappa shape index (κ2) is 5.58. The van der Waals surface area contributed by atoms with E-state index in [1.807, 2.05) is 18.7 Å². The van der Waals surface area contributed by atoms with E-state index in [9.17, 15) is 0 Å². The molecule has 112 valence electrons. The van der Waals surface area contributed by atoms with E-state index in [0.717, 1.165) is 0 Å². The van der Waals surface area contributed by atoms with Crippen LogP contribution in [-0.4, -0.2) is 55.0 Å². The summed E-state index contributed by atoms with van der Waals surface area (Å²) in [5.74, 6) is 6.60. The van der Waals surface area contributed by atoms with Crippen LogP contribution in [0.3, 0.4) is 0 Å². The number of hydrogen-bond donors (Lipinski definition) is 2. The highest BCUT2D eigenvalue weighted by molar-refractivity contribution is 5.40. The van der Waals surface area contributed by atoms with E-state index in [1.165, 1.54) is 17.3 Å². The summed E-state index contributed by atoms with van der Waals surface area (Å²) in [5, 5.41) is 4.02. The van der Waals surface area contributed by atoms with E-state index in [4.69, 9.17) is 10.6 Å². The normalized spacial score (nSPS) is 22.3. The van der Waals surface area contributed by atoms with Crippen molar-refractivity contribution in [2.24, 2.45) is 5.84 Å². The molecule has 21 heavy (non-hydrogen) atoms. The molecule has 10 nitrogen and oxygen atoms in total. The highest BCUT2D eigenvalue weighted by atomic mass is 16.5. The lowest BCUT2D eigenvalue weighted by molar-refractivity contribution is -0.00572. The fourth-order valence-corrected chi connectivity index (χ4v) is 2.32. The minimum absolute atomic E-state index is 0.106. The average Bonchev–Trinajstić information content (AvgIpc) is 3.00. The molecule has 2 unspecified atom stereocenters. The van der Waals surface area contributed by atoms with Crippen molar-refractivity contribution < 1.29 is 4.74 Å². The van der Waals surface area contributed by atoms with Crippen molar-refractivity contribution in [1.82, 2.24) is 29.7 Å². The molecule has 1 aliphatic rings. The predicted octanol–water partition coefficient (Wildman–Crippen LogP) is -0.648. The van der Waals surface area contributed by atoms with E-state index in [2.05, 4.69) is 30.5 Å². The van der Waals surface area contributed by atoms with Crippen molar-refractivity contribution in [3.8, 4) is 5.95 Å². The van der Waals surface area contributed by atoms with Crippen molar-refractivity contribution in [3.05, 3.63) is 12.7 Å². The highest BCUT2D eigenvalue weighted by Crippen LogP contribution is 2.18. The summed E-state index contributed by atoms with van der Waals surface area (Å²) >= 11 is 0. The number of anilines is 2.